The Bertz CT molecular complexity index is 1380. The largest absolute Gasteiger partial charge is 0.481 e. The zero-order valence-corrected chi connectivity index (χ0v) is 23.6. The van der Waals surface area contributed by atoms with E-state index >= 15 is 0 Å². The first-order chi connectivity index (χ1) is 19.2. The number of piperidine rings is 1. The molecule has 0 saturated carbocycles. The van der Waals surface area contributed by atoms with Gasteiger partial charge in [-0.1, -0.05) is 6.07 Å². The Morgan fingerprint density at radius 1 is 1.05 bits per heavy atom. The summed E-state index contributed by atoms with van der Waals surface area (Å²) < 4.78 is 49.1. The summed E-state index contributed by atoms with van der Waals surface area (Å²) >= 11 is 0. The number of aliphatic carboxylic acids is 1. The summed E-state index contributed by atoms with van der Waals surface area (Å²) in [4.78, 5) is 30.0. The molecule has 3 heterocycles. The van der Waals surface area contributed by atoms with E-state index in [0.717, 1.165) is 29.7 Å². The van der Waals surface area contributed by atoms with Crippen LogP contribution in [0.25, 0.3) is 0 Å². The summed E-state index contributed by atoms with van der Waals surface area (Å²) in [6.45, 7) is 6.38. The third-order valence-electron chi connectivity index (χ3n) is 9.11. The van der Waals surface area contributed by atoms with Crippen LogP contribution < -0.4 is 14.7 Å². The van der Waals surface area contributed by atoms with Gasteiger partial charge in [0.05, 0.1) is 30.4 Å². The van der Waals surface area contributed by atoms with E-state index in [-0.39, 0.29) is 36.5 Å². The molecule has 3 aliphatic heterocycles. The highest BCUT2D eigenvalue weighted by Gasteiger charge is 2.50. The Hall–Kier alpha value is -3.43. The number of amides is 1. The zero-order valence-electron chi connectivity index (χ0n) is 23.6. The van der Waals surface area contributed by atoms with Crippen molar-refractivity contribution in [1.82, 2.24) is 0 Å². The van der Waals surface area contributed by atoms with Gasteiger partial charge in [-0.2, -0.15) is 0 Å². The van der Waals surface area contributed by atoms with Crippen molar-refractivity contribution < 1.29 is 32.6 Å². The number of hydrogen-bond acceptors (Lipinski definition) is 5. The second-order valence-corrected chi connectivity index (χ2v) is 13.1. The van der Waals surface area contributed by atoms with Crippen LogP contribution >= 0.6 is 0 Å². The standard InChI is InChI=1S/C31H36F3N3O4/c1-29(2,3)41-28(40)36-17-22-16-31(33,34)18-37(22)26-14-21(5-7-25(26)36)35-10-8-30(9-11-35)15-19(12-27(38)39)23-6-4-20(32)13-24(23)30/h4-7,13-14,19,22H,8-12,15-18H2,1-3H3,(H,38,39)/t19-,22+/m1/s1. The minimum atomic E-state index is -2.85. The van der Waals surface area contributed by atoms with E-state index in [1.807, 2.05) is 18.2 Å². The Labute approximate surface area is 237 Å². The molecule has 2 aromatic carbocycles. The van der Waals surface area contributed by atoms with Crippen molar-refractivity contribution in [2.24, 2.45) is 0 Å². The number of carbonyl (C=O) groups is 2. The van der Waals surface area contributed by atoms with E-state index < -0.39 is 36.2 Å². The first-order valence-corrected chi connectivity index (χ1v) is 14.3. The van der Waals surface area contributed by atoms with Crippen LogP contribution in [0, 0.1) is 5.82 Å². The fraction of sp³-hybridized carbons (Fsp3) is 0.548. The van der Waals surface area contributed by atoms with Gasteiger partial charge in [-0.3, -0.25) is 9.69 Å². The molecule has 1 aliphatic carbocycles. The number of fused-ring (bicyclic) bond motifs is 5. The van der Waals surface area contributed by atoms with Gasteiger partial charge < -0.3 is 19.6 Å². The second-order valence-electron chi connectivity index (χ2n) is 13.1. The van der Waals surface area contributed by atoms with Crippen molar-refractivity contribution >= 4 is 29.1 Å². The van der Waals surface area contributed by atoms with Crippen LogP contribution in [0.3, 0.4) is 0 Å². The quantitative estimate of drug-likeness (QED) is 0.467. The number of halogens is 3. The topological polar surface area (TPSA) is 73.3 Å². The number of carboxylic acids is 1. The van der Waals surface area contributed by atoms with Gasteiger partial charge in [0, 0.05) is 31.7 Å². The van der Waals surface area contributed by atoms with E-state index in [0.29, 0.717) is 30.9 Å². The van der Waals surface area contributed by atoms with Crippen LogP contribution in [0.1, 0.15) is 69.9 Å². The number of carboxylic acid groups (broad SMARTS) is 1. The molecule has 0 bridgehead atoms. The van der Waals surface area contributed by atoms with Crippen molar-refractivity contribution in [3.63, 3.8) is 0 Å². The summed E-state index contributed by atoms with van der Waals surface area (Å²) in [6.07, 6.45) is 1.27. The Balaban J connectivity index is 1.27. The lowest BCUT2D eigenvalue weighted by atomic mass is 9.73. The molecule has 0 aromatic heterocycles. The van der Waals surface area contributed by atoms with E-state index in [9.17, 15) is 27.9 Å². The highest BCUT2D eigenvalue weighted by molar-refractivity contribution is 5.95. The molecule has 2 aromatic rings. The van der Waals surface area contributed by atoms with Gasteiger partial charge in [0.15, 0.2) is 0 Å². The number of nitrogens with zero attached hydrogens (tertiary/aromatic N) is 3. The van der Waals surface area contributed by atoms with Crippen molar-refractivity contribution in [1.29, 1.82) is 0 Å². The summed E-state index contributed by atoms with van der Waals surface area (Å²) in [6, 6.07) is 9.83. The molecule has 2 fully saturated rings. The molecule has 6 rings (SSSR count). The third kappa shape index (κ3) is 5.10. The van der Waals surface area contributed by atoms with Crippen LogP contribution in [0.4, 0.5) is 35.0 Å². The lowest BCUT2D eigenvalue weighted by Gasteiger charge is -2.43. The number of hydrogen-bond donors (Lipinski definition) is 1. The van der Waals surface area contributed by atoms with Gasteiger partial charge >= 0.3 is 12.1 Å². The molecule has 4 aliphatic rings. The second kappa shape index (κ2) is 9.56. The summed E-state index contributed by atoms with van der Waals surface area (Å²) in [5.74, 6) is -4.18. The van der Waals surface area contributed by atoms with Gasteiger partial charge in [0.1, 0.15) is 11.4 Å². The smallest absolute Gasteiger partial charge is 0.414 e. The molecule has 10 heteroatoms. The number of rotatable bonds is 3. The van der Waals surface area contributed by atoms with E-state index in [4.69, 9.17) is 4.74 Å². The molecule has 220 valence electrons. The molecule has 0 unspecified atom stereocenters. The number of alkyl halides is 2. The Morgan fingerprint density at radius 2 is 1.78 bits per heavy atom. The molecule has 1 amide bonds. The fourth-order valence-corrected chi connectivity index (χ4v) is 7.40. The minimum Gasteiger partial charge on any atom is -0.481 e. The van der Waals surface area contributed by atoms with Crippen LogP contribution in [0.5, 0.6) is 0 Å². The third-order valence-corrected chi connectivity index (χ3v) is 9.11. The molecular formula is C31H36F3N3O4. The Morgan fingerprint density at radius 3 is 2.46 bits per heavy atom. The van der Waals surface area contributed by atoms with Crippen molar-refractivity contribution in [2.75, 3.05) is 40.9 Å². The SMILES string of the molecule is CC(C)(C)OC(=O)N1C[C@@H]2CC(F)(F)CN2c2cc(N3CCC4(CC3)C[C@@H](CC(=O)O)c3ccc(F)cc34)ccc21. The normalized spacial score (nSPS) is 24.2. The van der Waals surface area contributed by atoms with Gasteiger partial charge in [-0.25, -0.2) is 18.0 Å². The highest BCUT2D eigenvalue weighted by Crippen LogP contribution is 2.54. The first-order valence-electron chi connectivity index (χ1n) is 14.3. The average molecular weight is 572 g/mol. The molecule has 2 saturated heterocycles. The van der Waals surface area contributed by atoms with E-state index in [1.54, 1.807) is 37.8 Å². The van der Waals surface area contributed by atoms with Crippen molar-refractivity contribution in [3.8, 4) is 0 Å². The molecule has 2 atom stereocenters. The zero-order chi connectivity index (χ0) is 29.3. The van der Waals surface area contributed by atoms with Gasteiger partial charge in [0.2, 0.25) is 0 Å². The minimum absolute atomic E-state index is 0.0186. The van der Waals surface area contributed by atoms with Gasteiger partial charge in [0.25, 0.3) is 5.92 Å². The predicted molar refractivity (Wildman–Crippen MR) is 150 cm³/mol. The fourth-order valence-electron chi connectivity index (χ4n) is 7.40. The lowest BCUT2D eigenvalue weighted by Crippen LogP contribution is -2.49. The maximum Gasteiger partial charge on any atom is 0.414 e. The molecule has 0 radical (unpaired) electrons. The van der Waals surface area contributed by atoms with E-state index in [2.05, 4.69) is 4.90 Å². The maximum absolute atomic E-state index is 14.6. The predicted octanol–water partition coefficient (Wildman–Crippen LogP) is 6.30. The van der Waals surface area contributed by atoms with Gasteiger partial charge in [-0.05, 0) is 92.8 Å². The highest BCUT2D eigenvalue weighted by atomic mass is 19.3. The monoisotopic (exact) mass is 571 g/mol. The number of anilines is 3. The summed E-state index contributed by atoms with van der Waals surface area (Å²) in [7, 11) is 0. The molecule has 7 nitrogen and oxygen atoms in total. The van der Waals surface area contributed by atoms with Crippen LogP contribution in [0.15, 0.2) is 36.4 Å². The molecule has 1 spiro atoms. The van der Waals surface area contributed by atoms with Crippen molar-refractivity contribution in [3.05, 3.63) is 53.3 Å². The van der Waals surface area contributed by atoms with Crippen molar-refractivity contribution in [2.45, 2.75) is 81.8 Å². The average Bonchev–Trinajstić information content (AvgIpc) is 3.34. The number of ether oxygens (including phenoxy) is 1. The number of benzene rings is 2. The van der Waals surface area contributed by atoms with Crippen LogP contribution in [0.2, 0.25) is 0 Å². The van der Waals surface area contributed by atoms with Gasteiger partial charge in [-0.15, -0.1) is 0 Å². The lowest BCUT2D eigenvalue weighted by molar-refractivity contribution is -0.137. The molecular weight excluding hydrogens is 535 g/mol. The van der Waals surface area contributed by atoms with E-state index in [1.165, 1.54) is 11.0 Å². The van der Waals surface area contributed by atoms with Crippen LogP contribution in [-0.2, 0) is 14.9 Å². The molecule has 41 heavy (non-hydrogen) atoms. The molecule has 1 N–H and O–H groups in total. The van der Waals surface area contributed by atoms with Crippen LogP contribution in [-0.4, -0.2) is 60.9 Å². The summed E-state index contributed by atoms with van der Waals surface area (Å²) in [5.41, 5.74) is 2.86. The summed E-state index contributed by atoms with van der Waals surface area (Å²) in [5, 5.41) is 9.47. The number of carbonyl (C=O) groups excluding carboxylic acids is 1. The Kier molecular flexibility index (Phi) is 6.46. The first kappa shape index (κ1) is 27.7. The maximum atomic E-state index is 14.6.